The molecule has 0 unspecified atom stereocenters. The van der Waals surface area contributed by atoms with E-state index in [1.807, 2.05) is 0 Å². The van der Waals surface area contributed by atoms with Crippen LogP contribution in [0, 0.1) is 20.8 Å². The Bertz CT molecular complexity index is 1590. The minimum absolute atomic E-state index is 0.894. The van der Waals surface area contributed by atoms with Crippen molar-refractivity contribution in [2.45, 2.75) is 317 Å². The number of unbranched alkanes of at least 4 members (excludes halogenated alkanes) is 25. The zero-order valence-corrected chi connectivity index (χ0v) is 48.7. The summed E-state index contributed by atoms with van der Waals surface area (Å²) in [6.45, 7) is 23.0. The van der Waals surface area contributed by atoms with E-state index in [2.05, 4.69) is 104 Å². The van der Waals surface area contributed by atoms with E-state index in [0.29, 0.717) is 0 Å². The summed E-state index contributed by atoms with van der Waals surface area (Å²) in [5, 5.41) is 0. The van der Waals surface area contributed by atoms with Gasteiger partial charge < -0.3 is 5.53 Å². The van der Waals surface area contributed by atoms with Gasteiger partial charge in [0.05, 0.1) is 5.57 Å². The monoisotopic (exact) mass is 1030 g/mol. The van der Waals surface area contributed by atoms with E-state index in [1.165, 1.54) is 254 Å². The first kappa shape index (κ1) is 64.0. The molecule has 2 rings (SSSR count). The van der Waals surface area contributed by atoms with Gasteiger partial charge in [0.1, 0.15) is 0 Å². The SMILES string of the molecule is CCCCCCCCCCCCCCCCC(C(=C=[N+]=[N-])CCCC)=C(c1cc(C)c(C)c(C)c1)c1cc(CCCCCC)c(CCCCCC)c(CCCCCC)c1.CCC[CH2][Pd][CH2]CCC. The topological polar surface area (TPSA) is 36.4 Å². The molecule has 0 aromatic heterocycles. The molecule has 2 nitrogen and oxygen atoms in total. The number of benzene rings is 2. The molecule has 0 N–H and O–H groups in total. The van der Waals surface area contributed by atoms with Gasteiger partial charge in [0.25, 0.3) is 0 Å². The molecule has 3 heteroatoms. The van der Waals surface area contributed by atoms with Crippen LogP contribution < -0.4 is 0 Å². The van der Waals surface area contributed by atoms with Crippen molar-refractivity contribution in [2.75, 3.05) is 0 Å². The molecule has 2 aromatic carbocycles. The van der Waals surface area contributed by atoms with E-state index in [9.17, 15) is 5.53 Å². The first-order valence-corrected chi connectivity index (χ1v) is 31.8. The third-order valence-corrected chi connectivity index (χ3v) is 16.6. The van der Waals surface area contributed by atoms with Gasteiger partial charge in [-0.25, -0.2) is 0 Å². The Labute approximate surface area is 433 Å². The molecule has 0 aliphatic heterocycles. The van der Waals surface area contributed by atoms with Crippen molar-refractivity contribution >= 4 is 11.4 Å². The number of nitrogens with zero attached hydrogens (tertiary/aromatic N) is 2. The number of aryl methyl sites for hydroxylation is 4. The fourth-order valence-corrected chi connectivity index (χ4v) is 12.0. The molecule has 68 heavy (non-hydrogen) atoms. The Morgan fingerprint density at radius 1 is 0.426 bits per heavy atom. The third kappa shape index (κ3) is 29.4. The zero-order chi connectivity index (χ0) is 49.9. The molecule has 0 bridgehead atoms. The van der Waals surface area contributed by atoms with Gasteiger partial charge >= 0.3 is 73.2 Å². The van der Waals surface area contributed by atoms with Crippen LogP contribution in [-0.2, 0) is 37.2 Å². The molecule has 0 amide bonds. The van der Waals surface area contributed by atoms with Crippen molar-refractivity contribution in [3.63, 3.8) is 0 Å². The van der Waals surface area contributed by atoms with Crippen molar-refractivity contribution in [1.29, 1.82) is 0 Å². The van der Waals surface area contributed by atoms with Crippen LogP contribution >= 0.6 is 0 Å². The molecule has 0 aliphatic carbocycles. The van der Waals surface area contributed by atoms with Crippen LogP contribution in [0.4, 0.5) is 0 Å². The molecule has 0 fully saturated rings. The first-order valence-electron chi connectivity index (χ1n) is 29.6. The fourth-order valence-electron chi connectivity index (χ4n) is 9.69. The van der Waals surface area contributed by atoms with Crippen LogP contribution in [0.5, 0.6) is 0 Å². The van der Waals surface area contributed by atoms with Crippen molar-refractivity contribution in [3.05, 3.63) is 85.5 Å². The Morgan fingerprint density at radius 2 is 0.794 bits per heavy atom. The van der Waals surface area contributed by atoms with Gasteiger partial charge in [-0.2, -0.15) is 0 Å². The second-order valence-corrected chi connectivity index (χ2v) is 22.9. The summed E-state index contributed by atoms with van der Waals surface area (Å²) in [5.74, 6) is 3.19. The maximum absolute atomic E-state index is 10.1. The van der Waals surface area contributed by atoms with E-state index >= 15 is 0 Å². The third-order valence-electron chi connectivity index (χ3n) is 14.4. The average Bonchev–Trinajstić information content (AvgIpc) is 3.34. The molecular formula is C65H112N2Pd. The van der Waals surface area contributed by atoms with Crippen LogP contribution in [0.25, 0.3) is 11.1 Å². The van der Waals surface area contributed by atoms with Crippen molar-refractivity contribution in [1.82, 2.24) is 0 Å². The molecule has 2 aromatic rings. The van der Waals surface area contributed by atoms with Crippen LogP contribution in [-0.4, -0.2) is 10.7 Å². The Morgan fingerprint density at radius 3 is 1.21 bits per heavy atom. The van der Waals surface area contributed by atoms with Crippen molar-refractivity contribution in [3.8, 4) is 0 Å². The Hall–Kier alpha value is -2.00. The van der Waals surface area contributed by atoms with E-state index in [0.717, 1.165) is 55.7 Å². The van der Waals surface area contributed by atoms with Gasteiger partial charge in [-0.1, -0.05) is 207 Å². The standard InChI is InChI=1S/C57H94N2.2C4H9.Pd/c1-9-14-19-23-24-25-26-27-28-29-30-31-32-36-41-56(52(46-59-58)37-18-13-5)57(53-42-47(6)49(8)48(7)43-53)54-44-50(38-33-20-15-10-2)55(40-35-22-17-12-4)51(45-54)39-34-21-16-11-3;2*1-3-4-2;/h42-45H,9-41H2,1-8H3;2*1,3-4H2,2H3;. The average molecular weight is 1030 g/mol. The number of hydrogen-bond donors (Lipinski definition) is 0. The van der Waals surface area contributed by atoms with Gasteiger partial charge in [-0.3, -0.25) is 0 Å². The van der Waals surface area contributed by atoms with E-state index in [-0.39, 0.29) is 0 Å². The van der Waals surface area contributed by atoms with Gasteiger partial charge in [-0.05, 0) is 141 Å². The first-order chi connectivity index (χ1) is 33.3. The quantitative estimate of drug-likeness (QED) is 0.0159. The Balaban J connectivity index is 0.00000231. The molecule has 0 aliphatic rings. The summed E-state index contributed by atoms with van der Waals surface area (Å²) in [7, 11) is 0. The van der Waals surface area contributed by atoms with Crippen LogP contribution in [0.2, 0.25) is 9.79 Å². The molecule has 0 saturated carbocycles. The van der Waals surface area contributed by atoms with Gasteiger partial charge in [0.15, 0.2) is 0 Å². The summed E-state index contributed by atoms with van der Waals surface area (Å²) >= 11 is 1.07. The summed E-state index contributed by atoms with van der Waals surface area (Å²) in [4.78, 5) is 6.65. The maximum atomic E-state index is 10.1. The Kier molecular flexibility index (Phi) is 42.3. The summed E-state index contributed by atoms with van der Waals surface area (Å²) < 4.78 is 0. The normalized spacial score (nSPS) is 11.6. The number of rotatable bonds is 42. The molecular weight excluding hydrogens is 915 g/mol. The van der Waals surface area contributed by atoms with E-state index in [1.54, 1.807) is 16.7 Å². The predicted molar refractivity (Wildman–Crippen MR) is 303 cm³/mol. The van der Waals surface area contributed by atoms with Gasteiger partial charge in [-0.15, -0.1) is 4.79 Å². The van der Waals surface area contributed by atoms with Crippen LogP contribution in [0.3, 0.4) is 0 Å². The summed E-state index contributed by atoms with van der Waals surface area (Å²) in [6.07, 6.45) is 47.9. The predicted octanol–water partition coefficient (Wildman–Crippen LogP) is 22.2. The molecule has 0 heterocycles. The van der Waals surface area contributed by atoms with E-state index in [4.69, 9.17) is 0 Å². The van der Waals surface area contributed by atoms with Gasteiger partial charge in [0.2, 0.25) is 0 Å². The molecule has 0 atom stereocenters. The molecule has 0 spiro atoms. The summed E-state index contributed by atoms with van der Waals surface area (Å²) in [6, 6.07) is 10.2. The van der Waals surface area contributed by atoms with Gasteiger partial charge in [0, 0.05) is 0 Å². The molecule has 392 valence electrons. The zero-order valence-electron chi connectivity index (χ0n) is 47.1. The van der Waals surface area contributed by atoms with E-state index < -0.39 is 0 Å². The molecule has 0 saturated heterocycles. The minimum atomic E-state index is 0.894. The summed E-state index contributed by atoms with van der Waals surface area (Å²) in [5.41, 5.74) is 25.6. The van der Waals surface area contributed by atoms with Crippen LogP contribution in [0.1, 0.15) is 311 Å². The van der Waals surface area contributed by atoms with Crippen molar-refractivity contribution < 1.29 is 22.8 Å². The number of allylic oxidation sites excluding steroid dienone is 2. The second kappa shape index (κ2) is 44.9. The van der Waals surface area contributed by atoms with Crippen LogP contribution in [0.15, 0.2) is 35.4 Å². The number of hydrogen-bond acceptors (Lipinski definition) is 0. The van der Waals surface area contributed by atoms with Crippen molar-refractivity contribution in [2.24, 2.45) is 0 Å². The fraction of sp³-hybridized carbons (Fsp3) is 0.754. The second-order valence-electron chi connectivity index (χ2n) is 20.6. The molecule has 0 radical (unpaired) electrons.